The summed E-state index contributed by atoms with van der Waals surface area (Å²) in [5.41, 5.74) is 1.04. The fraction of sp³-hybridized carbons (Fsp3) is 0.647. The zero-order chi connectivity index (χ0) is 14.3. The molecule has 1 aromatic carbocycles. The highest BCUT2D eigenvalue weighted by Gasteiger charge is 2.41. The van der Waals surface area contributed by atoms with Crippen LogP contribution in [0.25, 0.3) is 0 Å². The molecule has 2 rings (SSSR count). The maximum absolute atomic E-state index is 10.4. The van der Waals surface area contributed by atoms with Gasteiger partial charge in [-0.2, -0.15) is 0 Å². The van der Waals surface area contributed by atoms with Crippen molar-refractivity contribution < 1.29 is 5.11 Å². The van der Waals surface area contributed by atoms with E-state index in [0.29, 0.717) is 11.8 Å². The van der Waals surface area contributed by atoms with E-state index in [1.165, 1.54) is 5.56 Å². The topological polar surface area (TPSA) is 20.2 Å². The zero-order valence-electron chi connectivity index (χ0n) is 12.4. The molecule has 0 aliphatic heterocycles. The summed E-state index contributed by atoms with van der Waals surface area (Å²) < 4.78 is 0. The van der Waals surface area contributed by atoms with Gasteiger partial charge in [-0.1, -0.05) is 44.5 Å². The first-order valence-electron chi connectivity index (χ1n) is 7.17. The third-order valence-electron chi connectivity index (χ3n) is 4.55. The summed E-state index contributed by atoms with van der Waals surface area (Å²) in [6, 6.07) is 8.15. The Labute approximate surface area is 122 Å². The fourth-order valence-corrected chi connectivity index (χ4v) is 3.61. The van der Waals surface area contributed by atoms with Crippen LogP contribution in [0.2, 0.25) is 5.02 Å². The molecule has 1 nitrogen and oxygen atoms in total. The Morgan fingerprint density at radius 1 is 1.21 bits per heavy atom. The molecule has 0 spiro atoms. The van der Waals surface area contributed by atoms with E-state index >= 15 is 0 Å². The van der Waals surface area contributed by atoms with Crippen LogP contribution in [-0.4, -0.2) is 10.7 Å². The molecule has 0 amide bonds. The second kappa shape index (κ2) is 5.10. The maximum Gasteiger partial charge on any atom is 0.0625 e. The Kier molecular flexibility index (Phi) is 3.99. The fourth-order valence-electron chi connectivity index (χ4n) is 3.48. The van der Waals surface area contributed by atoms with Crippen molar-refractivity contribution in [2.45, 2.75) is 58.5 Å². The Morgan fingerprint density at radius 3 is 2.32 bits per heavy atom. The van der Waals surface area contributed by atoms with E-state index in [9.17, 15) is 5.11 Å². The molecular formula is C17H25ClO. The summed E-state index contributed by atoms with van der Waals surface area (Å²) in [6.07, 6.45) is 2.83. The first kappa shape index (κ1) is 14.9. The van der Waals surface area contributed by atoms with Crippen molar-refractivity contribution in [3.8, 4) is 0 Å². The molecule has 2 heteroatoms. The standard InChI is InChI=1S/C17H25ClO/c1-16(2,3)15-9-10-17(4,19)11-14(15)12-5-7-13(18)8-6-12/h5-8,14-15,19H,9-11H2,1-4H3/t14-,15+,17?/m0/s1. The Bertz CT molecular complexity index is 428. The number of halogens is 1. The molecule has 0 saturated heterocycles. The minimum atomic E-state index is -0.536. The van der Waals surface area contributed by atoms with Crippen LogP contribution in [0.3, 0.4) is 0 Å². The van der Waals surface area contributed by atoms with Gasteiger partial charge in [-0.3, -0.25) is 0 Å². The molecule has 3 atom stereocenters. The van der Waals surface area contributed by atoms with Gasteiger partial charge in [0, 0.05) is 5.02 Å². The van der Waals surface area contributed by atoms with Gasteiger partial charge in [-0.25, -0.2) is 0 Å². The van der Waals surface area contributed by atoms with Crippen molar-refractivity contribution >= 4 is 11.6 Å². The Morgan fingerprint density at radius 2 is 1.79 bits per heavy atom. The number of benzene rings is 1. The lowest BCUT2D eigenvalue weighted by atomic mass is 9.61. The molecule has 0 radical (unpaired) electrons. The van der Waals surface area contributed by atoms with E-state index in [0.717, 1.165) is 24.3 Å². The normalized spacial score (nSPS) is 32.3. The molecule has 0 bridgehead atoms. The van der Waals surface area contributed by atoms with Gasteiger partial charge in [-0.05, 0) is 61.1 Å². The van der Waals surface area contributed by atoms with Crippen LogP contribution in [0, 0.1) is 11.3 Å². The predicted octanol–water partition coefficient (Wildman–Crippen LogP) is 5.02. The van der Waals surface area contributed by atoms with E-state index in [1.807, 2.05) is 19.1 Å². The van der Waals surface area contributed by atoms with E-state index in [1.54, 1.807) is 0 Å². The zero-order valence-corrected chi connectivity index (χ0v) is 13.2. The molecule has 1 fully saturated rings. The van der Waals surface area contributed by atoms with Crippen LogP contribution in [0.5, 0.6) is 0 Å². The third-order valence-corrected chi connectivity index (χ3v) is 4.80. The monoisotopic (exact) mass is 280 g/mol. The number of hydrogen-bond acceptors (Lipinski definition) is 1. The average Bonchev–Trinajstić information content (AvgIpc) is 2.27. The van der Waals surface area contributed by atoms with Gasteiger partial charge in [0.15, 0.2) is 0 Å². The number of rotatable bonds is 1. The van der Waals surface area contributed by atoms with Gasteiger partial charge in [0.05, 0.1) is 5.60 Å². The van der Waals surface area contributed by atoms with Crippen LogP contribution in [0.15, 0.2) is 24.3 Å². The first-order valence-corrected chi connectivity index (χ1v) is 7.55. The second-order valence-corrected chi connectivity index (χ2v) is 7.81. The van der Waals surface area contributed by atoms with Crippen molar-refractivity contribution in [2.75, 3.05) is 0 Å². The van der Waals surface area contributed by atoms with Gasteiger partial charge < -0.3 is 5.11 Å². The van der Waals surface area contributed by atoms with Crippen LogP contribution in [0.1, 0.15) is 58.4 Å². The third kappa shape index (κ3) is 3.52. The molecule has 1 saturated carbocycles. The molecule has 0 aromatic heterocycles. The van der Waals surface area contributed by atoms with Crippen molar-refractivity contribution in [2.24, 2.45) is 11.3 Å². The van der Waals surface area contributed by atoms with E-state index < -0.39 is 5.60 Å². The van der Waals surface area contributed by atoms with Crippen LogP contribution in [0.4, 0.5) is 0 Å². The molecule has 1 aromatic rings. The maximum atomic E-state index is 10.4. The Balaban J connectivity index is 2.32. The van der Waals surface area contributed by atoms with Gasteiger partial charge in [0.1, 0.15) is 0 Å². The summed E-state index contributed by atoms with van der Waals surface area (Å²) in [7, 11) is 0. The van der Waals surface area contributed by atoms with Crippen molar-refractivity contribution in [3.05, 3.63) is 34.9 Å². The molecule has 1 N–H and O–H groups in total. The largest absolute Gasteiger partial charge is 0.390 e. The lowest BCUT2D eigenvalue weighted by molar-refractivity contribution is -0.0226. The van der Waals surface area contributed by atoms with Crippen molar-refractivity contribution in [1.82, 2.24) is 0 Å². The van der Waals surface area contributed by atoms with Crippen LogP contribution in [-0.2, 0) is 0 Å². The smallest absolute Gasteiger partial charge is 0.0625 e. The summed E-state index contributed by atoms with van der Waals surface area (Å²) >= 11 is 5.98. The predicted molar refractivity (Wildman–Crippen MR) is 81.6 cm³/mol. The van der Waals surface area contributed by atoms with E-state index in [-0.39, 0.29) is 5.41 Å². The molecule has 19 heavy (non-hydrogen) atoms. The minimum absolute atomic E-state index is 0.265. The summed E-state index contributed by atoms with van der Waals surface area (Å²) in [4.78, 5) is 0. The van der Waals surface area contributed by atoms with Gasteiger partial charge >= 0.3 is 0 Å². The van der Waals surface area contributed by atoms with Gasteiger partial charge in [0.25, 0.3) is 0 Å². The quantitative estimate of drug-likeness (QED) is 0.766. The van der Waals surface area contributed by atoms with Crippen LogP contribution >= 0.6 is 11.6 Å². The summed E-state index contributed by atoms with van der Waals surface area (Å²) in [6.45, 7) is 8.89. The van der Waals surface area contributed by atoms with Crippen molar-refractivity contribution in [1.29, 1.82) is 0 Å². The average molecular weight is 281 g/mol. The van der Waals surface area contributed by atoms with Crippen LogP contribution < -0.4 is 0 Å². The highest BCUT2D eigenvalue weighted by Crippen LogP contribution is 2.49. The Hall–Kier alpha value is -0.530. The van der Waals surface area contributed by atoms with E-state index in [2.05, 4.69) is 32.9 Å². The lowest BCUT2D eigenvalue weighted by Crippen LogP contribution is -2.40. The first-order chi connectivity index (χ1) is 8.69. The number of hydrogen-bond donors (Lipinski definition) is 1. The molecule has 106 valence electrons. The highest BCUT2D eigenvalue weighted by atomic mass is 35.5. The van der Waals surface area contributed by atoms with Crippen molar-refractivity contribution in [3.63, 3.8) is 0 Å². The molecule has 1 aliphatic carbocycles. The molecule has 1 unspecified atom stereocenters. The minimum Gasteiger partial charge on any atom is -0.390 e. The summed E-state index contributed by atoms with van der Waals surface area (Å²) in [5.74, 6) is 1.02. The SMILES string of the molecule is CC1(O)CC[C@@H](C(C)(C)C)[C@H](c2ccc(Cl)cc2)C1. The second-order valence-electron chi connectivity index (χ2n) is 7.37. The summed E-state index contributed by atoms with van der Waals surface area (Å²) in [5, 5.41) is 11.2. The van der Waals surface area contributed by atoms with E-state index in [4.69, 9.17) is 11.6 Å². The highest BCUT2D eigenvalue weighted by molar-refractivity contribution is 6.30. The van der Waals surface area contributed by atoms with Gasteiger partial charge in [-0.15, -0.1) is 0 Å². The number of aliphatic hydroxyl groups is 1. The molecule has 1 aliphatic rings. The van der Waals surface area contributed by atoms with Gasteiger partial charge in [0.2, 0.25) is 0 Å². The molecule has 0 heterocycles. The lowest BCUT2D eigenvalue weighted by Gasteiger charge is -2.46. The molecular weight excluding hydrogens is 256 g/mol.